The Hall–Kier alpha value is -1.84. The average Bonchev–Trinajstić information content (AvgIpc) is 2.39. The number of esters is 1. The van der Waals surface area contributed by atoms with Gasteiger partial charge >= 0.3 is 5.97 Å². The third kappa shape index (κ3) is 3.56. The van der Waals surface area contributed by atoms with Gasteiger partial charge in [0.15, 0.2) is 0 Å². The average molecular weight is 263 g/mol. The second kappa shape index (κ2) is 5.87. The summed E-state index contributed by atoms with van der Waals surface area (Å²) in [5, 5.41) is 0. The van der Waals surface area contributed by atoms with E-state index in [1.165, 1.54) is 12.7 Å². The van der Waals surface area contributed by atoms with E-state index in [0.29, 0.717) is 6.54 Å². The molecular formula is C15H21NO3. The molecule has 0 atom stereocenters. The Morgan fingerprint density at radius 1 is 1.21 bits per heavy atom. The molecule has 0 heterocycles. The fourth-order valence-electron chi connectivity index (χ4n) is 1.86. The summed E-state index contributed by atoms with van der Waals surface area (Å²) in [6, 6.07) is 7.95. The van der Waals surface area contributed by atoms with Crippen molar-refractivity contribution in [3.8, 4) is 0 Å². The Kier molecular flexibility index (Phi) is 4.70. The Morgan fingerprint density at radius 2 is 1.74 bits per heavy atom. The van der Waals surface area contributed by atoms with E-state index in [1.54, 1.807) is 25.8 Å². The molecule has 104 valence electrons. The van der Waals surface area contributed by atoms with Gasteiger partial charge in [-0.1, -0.05) is 29.8 Å². The van der Waals surface area contributed by atoms with Crippen LogP contribution in [0.3, 0.4) is 0 Å². The number of methoxy groups -OCH3 is 1. The number of rotatable bonds is 4. The minimum Gasteiger partial charge on any atom is -0.468 e. The monoisotopic (exact) mass is 263 g/mol. The standard InChI is InChI=1S/C15H21NO3/c1-11-6-8-12(9-7-11)10-16(4)13(17)15(2,3)14(18)19-5/h6-9H,10H2,1-5H3. The molecule has 0 saturated carbocycles. The molecule has 4 heteroatoms. The van der Waals surface area contributed by atoms with Crippen LogP contribution in [0.5, 0.6) is 0 Å². The van der Waals surface area contributed by atoms with Crippen molar-refractivity contribution in [3.63, 3.8) is 0 Å². The van der Waals surface area contributed by atoms with E-state index in [1.807, 2.05) is 31.2 Å². The maximum Gasteiger partial charge on any atom is 0.320 e. The summed E-state index contributed by atoms with van der Waals surface area (Å²) in [6.45, 7) is 5.64. The normalized spacial score (nSPS) is 11.0. The summed E-state index contributed by atoms with van der Waals surface area (Å²) in [5.74, 6) is -0.770. The lowest BCUT2D eigenvalue weighted by molar-refractivity contribution is -0.160. The predicted octanol–water partition coefficient (Wildman–Crippen LogP) is 2.15. The first-order valence-corrected chi connectivity index (χ1v) is 6.18. The lowest BCUT2D eigenvalue weighted by Crippen LogP contribution is -2.43. The van der Waals surface area contributed by atoms with Crippen LogP contribution in [0.25, 0.3) is 0 Å². The fourth-order valence-corrected chi connectivity index (χ4v) is 1.86. The third-order valence-electron chi connectivity index (χ3n) is 3.12. The summed E-state index contributed by atoms with van der Waals surface area (Å²) in [7, 11) is 2.98. The zero-order valence-corrected chi connectivity index (χ0v) is 12.2. The molecule has 0 unspecified atom stereocenters. The maximum atomic E-state index is 12.3. The summed E-state index contributed by atoms with van der Waals surface area (Å²) >= 11 is 0. The van der Waals surface area contributed by atoms with Crippen LogP contribution in [0.15, 0.2) is 24.3 Å². The van der Waals surface area contributed by atoms with E-state index in [4.69, 9.17) is 0 Å². The van der Waals surface area contributed by atoms with Gasteiger partial charge in [-0.05, 0) is 26.3 Å². The van der Waals surface area contributed by atoms with Crippen molar-refractivity contribution < 1.29 is 14.3 Å². The molecule has 1 aromatic rings. The van der Waals surface area contributed by atoms with Gasteiger partial charge in [-0.25, -0.2) is 0 Å². The van der Waals surface area contributed by atoms with Gasteiger partial charge in [-0.3, -0.25) is 9.59 Å². The molecule has 1 rings (SSSR count). The molecule has 0 aromatic heterocycles. The highest BCUT2D eigenvalue weighted by atomic mass is 16.5. The number of nitrogens with zero attached hydrogens (tertiary/aromatic N) is 1. The van der Waals surface area contributed by atoms with Gasteiger partial charge in [-0.2, -0.15) is 0 Å². The minimum atomic E-state index is -1.16. The highest BCUT2D eigenvalue weighted by Crippen LogP contribution is 2.21. The van der Waals surface area contributed by atoms with E-state index < -0.39 is 11.4 Å². The molecule has 0 N–H and O–H groups in total. The Morgan fingerprint density at radius 3 is 2.21 bits per heavy atom. The Balaban J connectivity index is 2.77. The van der Waals surface area contributed by atoms with Crippen LogP contribution >= 0.6 is 0 Å². The van der Waals surface area contributed by atoms with Gasteiger partial charge in [-0.15, -0.1) is 0 Å². The van der Waals surface area contributed by atoms with Gasteiger partial charge in [0.25, 0.3) is 0 Å². The number of benzene rings is 1. The minimum absolute atomic E-state index is 0.250. The van der Waals surface area contributed by atoms with Crippen LogP contribution in [0.2, 0.25) is 0 Å². The Labute approximate surface area is 114 Å². The van der Waals surface area contributed by atoms with Gasteiger partial charge in [0.2, 0.25) is 5.91 Å². The van der Waals surface area contributed by atoms with E-state index in [2.05, 4.69) is 4.74 Å². The van der Waals surface area contributed by atoms with Gasteiger partial charge in [0.05, 0.1) is 7.11 Å². The van der Waals surface area contributed by atoms with Crippen molar-refractivity contribution in [3.05, 3.63) is 35.4 Å². The first kappa shape index (κ1) is 15.2. The van der Waals surface area contributed by atoms with Crippen molar-refractivity contribution in [2.24, 2.45) is 5.41 Å². The number of amides is 1. The van der Waals surface area contributed by atoms with Crippen LogP contribution in [0.1, 0.15) is 25.0 Å². The molecular weight excluding hydrogens is 242 g/mol. The van der Waals surface area contributed by atoms with Crippen molar-refractivity contribution in [1.29, 1.82) is 0 Å². The zero-order valence-electron chi connectivity index (χ0n) is 12.2. The first-order valence-electron chi connectivity index (χ1n) is 6.18. The topological polar surface area (TPSA) is 46.6 Å². The summed E-state index contributed by atoms with van der Waals surface area (Å²) in [6.07, 6.45) is 0. The van der Waals surface area contributed by atoms with E-state index in [9.17, 15) is 9.59 Å². The lowest BCUT2D eigenvalue weighted by atomic mass is 9.91. The predicted molar refractivity (Wildman–Crippen MR) is 73.5 cm³/mol. The van der Waals surface area contributed by atoms with Gasteiger partial charge in [0.1, 0.15) is 5.41 Å². The number of hydrogen-bond donors (Lipinski definition) is 0. The molecule has 0 fully saturated rings. The van der Waals surface area contributed by atoms with Crippen molar-refractivity contribution >= 4 is 11.9 Å². The van der Waals surface area contributed by atoms with Crippen molar-refractivity contribution in [1.82, 2.24) is 4.90 Å². The second-order valence-electron chi connectivity index (χ2n) is 5.26. The zero-order chi connectivity index (χ0) is 14.6. The molecule has 1 amide bonds. The Bertz CT molecular complexity index is 463. The third-order valence-corrected chi connectivity index (χ3v) is 3.12. The van der Waals surface area contributed by atoms with E-state index in [-0.39, 0.29) is 5.91 Å². The SMILES string of the molecule is COC(=O)C(C)(C)C(=O)N(C)Cc1ccc(C)cc1. The molecule has 4 nitrogen and oxygen atoms in total. The largest absolute Gasteiger partial charge is 0.468 e. The van der Waals surface area contributed by atoms with Crippen LogP contribution in [0, 0.1) is 12.3 Å². The molecule has 0 bridgehead atoms. The van der Waals surface area contributed by atoms with Crippen LogP contribution in [-0.4, -0.2) is 30.9 Å². The van der Waals surface area contributed by atoms with E-state index in [0.717, 1.165) is 5.56 Å². The second-order valence-corrected chi connectivity index (χ2v) is 5.26. The molecule has 0 saturated heterocycles. The maximum absolute atomic E-state index is 12.3. The van der Waals surface area contributed by atoms with Crippen LogP contribution < -0.4 is 0 Å². The number of carbonyl (C=O) groups excluding carboxylic acids is 2. The number of ether oxygens (including phenoxy) is 1. The highest BCUT2D eigenvalue weighted by Gasteiger charge is 2.39. The summed E-state index contributed by atoms with van der Waals surface area (Å²) in [4.78, 5) is 25.4. The van der Waals surface area contributed by atoms with Gasteiger partial charge in [0, 0.05) is 13.6 Å². The number of hydrogen-bond acceptors (Lipinski definition) is 3. The molecule has 0 aliphatic carbocycles. The van der Waals surface area contributed by atoms with Crippen molar-refractivity contribution in [2.75, 3.05) is 14.2 Å². The summed E-state index contributed by atoms with van der Waals surface area (Å²) in [5.41, 5.74) is 1.04. The molecule has 0 aliphatic rings. The smallest absolute Gasteiger partial charge is 0.320 e. The van der Waals surface area contributed by atoms with Crippen molar-refractivity contribution in [2.45, 2.75) is 27.3 Å². The molecule has 19 heavy (non-hydrogen) atoms. The van der Waals surface area contributed by atoms with Gasteiger partial charge < -0.3 is 9.64 Å². The molecule has 1 aromatic carbocycles. The van der Waals surface area contributed by atoms with Crippen LogP contribution in [0.4, 0.5) is 0 Å². The summed E-state index contributed by atoms with van der Waals surface area (Å²) < 4.78 is 4.67. The van der Waals surface area contributed by atoms with E-state index >= 15 is 0 Å². The lowest BCUT2D eigenvalue weighted by Gasteiger charge is -2.27. The fraction of sp³-hybridized carbons (Fsp3) is 0.467. The number of carbonyl (C=O) groups is 2. The highest BCUT2D eigenvalue weighted by molar-refractivity contribution is 6.01. The molecule has 0 radical (unpaired) electrons. The quantitative estimate of drug-likeness (QED) is 0.617. The molecule has 0 spiro atoms. The number of aryl methyl sites for hydroxylation is 1. The molecule has 0 aliphatic heterocycles. The van der Waals surface area contributed by atoms with Crippen LogP contribution in [-0.2, 0) is 20.9 Å². The first-order chi connectivity index (χ1) is 8.78.